The lowest BCUT2D eigenvalue weighted by Crippen LogP contribution is -2.32. The maximum atomic E-state index is 13.1. The summed E-state index contributed by atoms with van der Waals surface area (Å²) >= 11 is 6.09. The number of carbonyl (C=O) groups is 1. The number of aryl methyl sites for hydroxylation is 1. The number of aromatic amines is 1. The van der Waals surface area contributed by atoms with E-state index in [0.717, 1.165) is 22.4 Å². The van der Waals surface area contributed by atoms with Gasteiger partial charge in [0.2, 0.25) is 0 Å². The predicted octanol–water partition coefficient (Wildman–Crippen LogP) is 5.24. The van der Waals surface area contributed by atoms with Crippen LogP contribution in [0.5, 0.6) is 0 Å². The Bertz CT molecular complexity index is 974. The molecule has 1 amide bonds. The lowest BCUT2D eigenvalue weighted by molar-refractivity contribution is 0.0722. The van der Waals surface area contributed by atoms with Crippen LogP contribution in [0.4, 0.5) is 0 Å². The topological polar surface area (TPSA) is 49.0 Å². The summed E-state index contributed by atoms with van der Waals surface area (Å²) in [6, 6.07) is 15.8. The van der Waals surface area contributed by atoms with E-state index in [4.69, 9.17) is 11.6 Å². The Hall–Kier alpha value is -2.59. The van der Waals surface area contributed by atoms with E-state index < -0.39 is 0 Å². The maximum Gasteiger partial charge on any atom is 0.273 e. The second kappa shape index (κ2) is 6.86. The number of carbonyl (C=O) groups excluding carboxylic acids is 1. The van der Waals surface area contributed by atoms with Crippen molar-refractivity contribution in [3.63, 3.8) is 0 Å². The Labute approximate surface area is 164 Å². The van der Waals surface area contributed by atoms with Gasteiger partial charge in [0, 0.05) is 22.7 Å². The number of hydrogen-bond acceptors (Lipinski definition) is 2. The van der Waals surface area contributed by atoms with Gasteiger partial charge in [0.1, 0.15) is 5.69 Å². The summed E-state index contributed by atoms with van der Waals surface area (Å²) in [5, 5.41) is 8.18. The lowest BCUT2D eigenvalue weighted by atomic mass is 9.95. The third kappa shape index (κ3) is 3.15. The second-order valence-corrected chi connectivity index (χ2v) is 7.97. The molecule has 4 nitrogen and oxygen atoms in total. The van der Waals surface area contributed by atoms with Crippen LogP contribution in [0.1, 0.15) is 47.1 Å². The molecule has 1 aliphatic rings. The van der Waals surface area contributed by atoms with Gasteiger partial charge in [0.05, 0.1) is 11.7 Å². The summed E-state index contributed by atoms with van der Waals surface area (Å²) in [6.07, 6.45) is 0. The normalized spacial score (nSPS) is 16.3. The van der Waals surface area contributed by atoms with E-state index in [-0.39, 0.29) is 11.9 Å². The first-order valence-corrected chi connectivity index (χ1v) is 9.55. The molecule has 1 aliphatic heterocycles. The molecule has 1 atom stereocenters. The quantitative estimate of drug-likeness (QED) is 0.673. The van der Waals surface area contributed by atoms with Gasteiger partial charge in [-0.3, -0.25) is 9.89 Å². The standard InChI is InChI=1S/C22H22ClN3O/c1-13(2)12-26-21(16-8-10-17(23)11-9-16)18-19(24-25-20(18)22(26)27)15-6-4-14(3)5-7-15/h4-11,13,21H,12H2,1-3H3,(H,24,25). The van der Waals surface area contributed by atoms with Crippen LogP contribution in [0.25, 0.3) is 11.3 Å². The first-order chi connectivity index (χ1) is 13.0. The minimum Gasteiger partial charge on any atom is -0.326 e. The summed E-state index contributed by atoms with van der Waals surface area (Å²) in [5.74, 6) is 0.369. The van der Waals surface area contributed by atoms with E-state index >= 15 is 0 Å². The van der Waals surface area contributed by atoms with Crippen molar-refractivity contribution in [3.05, 3.63) is 75.9 Å². The Morgan fingerprint density at radius 3 is 2.41 bits per heavy atom. The van der Waals surface area contributed by atoms with Crippen molar-refractivity contribution in [2.45, 2.75) is 26.8 Å². The van der Waals surface area contributed by atoms with E-state index in [1.165, 1.54) is 5.56 Å². The Balaban J connectivity index is 1.87. The van der Waals surface area contributed by atoms with E-state index in [2.05, 4.69) is 55.2 Å². The second-order valence-electron chi connectivity index (χ2n) is 7.53. The molecule has 1 aromatic heterocycles. The zero-order chi connectivity index (χ0) is 19.1. The third-order valence-corrected chi connectivity index (χ3v) is 5.19. The smallest absolute Gasteiger partial charge is 0.273 e. The fraction of sp³-hybridized carbons (Fsp3) is 0.273. The maximum absolute atomic E-state index is 13.1. The van der Waals surface area contributed by atoms with Gasteiger partial charge in [-0.15, -0.1) is 0 Å². The number of aromatic nitrogens is 2. The highest BCUT2D eigenvalue weighted by atomic mass is 35.5. The molecule has 0 spiro atoms. The van der Waals surface area contributed by atoms with Crippen LogP contribution in [-0.4, -0.2) is 27.5 Å². The molecule has 138 valence electrons. The molecule has 3 aromatic rings. The van der Waals surface area contributed by atoms with E-state index in [0.29, 0.717) is 23.2 Å². The van der Waals surface area contributed by atoms with Crippen molar-refractivity contribution in [2.75, 3.05) is 6.54 Å². The van der Waals surface area contributed by atoms with Crippen LogP contribution in [-0.2, 0) is 0 Å². The average molecular weight is 380 g/mol. The molecule has 4 rings (SSSR count). The van der Waals surface area contributed by atoms with E-state index in [9.17, 15) is 4.79 Å². The van der Waals surface area contributed by atoms with Crippen molar-refractivity contribution in [1.82, 2.24) is 15.1 Å². The predicted molar refractivity (Wildman–Crippen MR) is 108 cm³/mol. The molecule has 0 saturated carbocycles. The molecular formula is C22H22ClN3O. The molecule has 0 aliphatic carbocycles. The number of fused-ring (bicyclic) bond motifs is 1. The molecule has 27 heavy (non-hydrogen) atoms. The van der Waals surface area contributed by atoms with Crippen LogP contribution in [0, 0.1) is 12.8 Å². The fourth-order valence-electron chi connectivity index (χ4n) is 3.70. The zero-order valence-electron chi connectivity index (χ0n) is 15.7. The van der Waals surface area contributed by atoms with Gasteiger partial charge in [-0.2, -0.15) is 5.10 Å². The molecule has 1 N–H and O–H groups in total. The fourth-order valence-corrected chi connectivity index (χ4v) is 3.83. The highest BCUT2D eigenvalue weighted by Gasteiger charge is 2.42. The summed E-state index contributed by atoms with van der Waals surface area (Å²) in [6.45, 7) is 6.99. The number of hydrogen-bond donors (Lipinski definition) is 1. The minimum atomic E-state index is -0.165. The van der Waals surface area contributed by atoms with Crippen LogP contribution >= 0.6 is 11.6 Å². The first kappa shape index (κ1) is 17.8. The summed E-state index contributed by atoms with van der Waals surface area (Å²) in [4.78, 5) is 15.0. The number of nitrogens with one attached hydrogen (secondary N) is 1. The Morgan fingerprint density at radius 2 is 1.78 bits per heavy atom. The highest BCUT2D eigenvalue weighted by molar-refractivity contribution is 6.30. The van der Waals surface area contributed by atoms with Crippen LogP contribution in [0.2, 0.25) is 5.02 Å². The van der Waals surface area contributed by atoms with E-state index in [1.807, 2.05) is 29.2 Å². The molecule has 0 saturated heterocycles. The van der Waals surface area contributed by atoms with Gasteiger partial charge in [0.15, 0.2) is 0 Å². The summed E-state index contributed by atoms with van der Waals surface area (Å²) in [7, 11) is 0. The van der Waals surface area contributed by atoms with Crippen LogP contribution in [0.3, 0.4) is 0 Å². The van der Waals surface area contributed by atoms with Crippen molar-refractivity contribution < 1.29 is 4.79 Å². The number of halogens is 1. The SMILES string of the molecule is Cc1ccc(-c2n[nH]c3c2C(c2ccc(Cl)cc2)N(CC(C)C)C3=O)cc1. The number of benzene rings is 2. The summed E-state index contributed by atoms with van der Waals surface area (Å²) < 4.78 is 0. The largest absolute Gasteiger partial charge is 0.326 e. The molecule has 0 fully saturated rings. The molecule has 5 heteroatoms. The van der Waals surface area contributed by atoms with Gasteiger partial charge in [-0.05, 0) is 30.5 Å². The first-order valence-electron chi connectivity index (χ1n) is 9.17. The van der Waals surface area contributed by atoms with E-state index in [1.54, 1.807) is 0 Å². The Morgan fingerprint density at radius 1 is 1.11 bits per heavy atom. The van der Waals surface area contributed by atoms with Crippen molar-refractivity contribution >= 4 is 17.5 Å². The molecular weight excluding hydrogens is 358 g/mol. The van der Waals surface area contributed by atoms with Crippen molar-refractivity contribution in [3.8, 4) is 11.3 Å². The van der Waals surface area contributed by atoms with Crippen LogP contribution < -0.4 is 0 Å². The summed E-state index contributed by atoms with van der Waals surface area (Å²) in [5.41, 5.74) is 5.62. The number of amides is 1. The van der Waals surface area contributed by atoms with Crippen molar-refractivity contribution in [2.24, 2.45) is 5.92 Å². The third-order valence-electron chi connectivity index (χ3n) is 4.94. The van der Waals surface area contributed by atoms with Crippen molar-refractivity contribution in [1.29, 1.82) is 0 Å². The van der Waals surface area contributed by atoms with Gasteiger partial charge < -0.3 is 4.90 Å². The zero-order valence-corrected chi connectivity index (χ0v) is 16.4. The monoisotopic (exact) mass is 379 g/mol. The highest BCUT2D eigenvalue weighted by Crippen LogP contribution is 2.43. The van der Waals surface area contributed by atoms with Gasteiger partial charge >= 0.3 is 0 Å². The number of H-pyrrole nitrogens is 1. The van der Waals surface area contributed by atoms with Crippen LogP contribution in [0.15, 0.2) is 48.5 Å². The minimum absolute atomic E-state index is 0.00418. The molecule has 0 bridgehead atoms. The molecule has 0 radical (unpaired) electrons. The Kier molecular flexibility index (Phi) is 4.52. The van der Waals surface area contributed by atoms with Gasteiger partial charge in [-0.1, -0.05) is 67.4 Å². The number of rotatable bonds is 4. The van der Waals surface area contributed by atoms with Gasteiger partial charge in [0.25, 0.3) is 5.91 Å². The average Bonchev–Trinajstić information content (AvgIpc) is 3.17. The van der Waals surface area contributed by atoms with Gasteiger partial charge in [-0.25, -0.2) is 0 Å². The molecule has 2 heterocycles. The lowest BCUT2D eigenvalue weighted by Gasteiger charge is -2.28. The molecule has 2 aromatic carbocycles. The molecule has 1 unspecified atom stereocenters. The number of nitrogens with zero attached hydrogens (tertiary/aromatic N) is 2.